The molecule has 2 aromatic heterocycles. The van der Waals surface area contributed by atoms with Crippen molar-refractivity contribution in [2.75, 3.05) is 0 Å². The van der Waals surface area contributed by atoms with Crippen molar-refractivity contribution >= 4 is 11.0 Å². The van der Waals surface area contributed by atoms with E-state index >= 15 is 0 Å². The second-order valence-electron chi connectivity index (χ2n) is 14.2. The highest BCUT2D eigenvalue weighted by molar-refractivity contribution is 5.96. The summed E-state index contributed by atoms with van der Waals surface area (Å²) in [4.78, 5) is 5.95. The summed E-state index contributed by atoms with van der Waals surface area (Å²) in [7, 11) is 0. The van der Waals surface area contributed by atoms with Gasteiger partial charge in [0.15, 0.2) is 0 Å². The van der Waals surface area contributed by atoms with E-state index in [-0.39, 0.29) is 0 Å². The van der Waals surface area contributed by atoms with Crippen molar-refractivity contribution in [2.24, 2.45) is 0 Å². The van der Waals surface area contributed by atoms with Crippen LogP contribution in [0.15, 0.2) is 219 Å². The SMILES string of the molecule is c1ccc(-c2ccc(-c3ccc(-c4cc(-c5ccc(-c6ccc(-c7ccccc7)cc6)cc5)c5nn(-c6cccc(-c7ccncc7)c6)nc5c4)cc3)cc2)cc1. The molecule has 57 heavy (non-hydrogen) atoms. The van der Waals surface area contributed by atoms with Gasteiger partial charge in [-0.1, -0.05) is 170 Å². The lowest BCUT2D eigenvalue weighted by Crippen LogP contribution is -1.98. The maximum Gasteiger partial charge on any atom is 0.121 e. The average Bonchev–Trinajstić information content (AvgIpc) is 3.75. The van der Waals surface area contributed by atoms with Gasteiger partial charge in [-0.05, 0) is 109 Å². The lowest BCUT2D eigenvalue weighted by atomic mass is 9.94. The quantitative estimate of drug-likeness (QED) is 0.156. The Morgan fingerprint density at radius 1 is 0.281 bits per heavy atom. The summed E-state index contributed by atoms with van der Waals surface area (Å²) in [5, 5.41) is 10.2. The summed E-state index contributed by atoms with van der Waals surface area (Å²) in [5.41, 5.74) is 18.6. The first-order valence-electron chi connectivity index (χ1n) is 19.2. The number of aromatic nitrogens is 4. The van der Waals surface area contributed by atoms with Crippen LogP contribution in [0, 0.1) is 0 Å². The fraction of sp³-hybridized carbons (Fsp3) is 0. The molecule has 0 fully saturated rings. The number of hydrogen-bond acceptors (Lipinski definition) is 3. The third-order valence-corrected chi connectivity index (χ3v) is 10.6. The van der Waals surface area contributed by atoms with E-state index in [9.17, 15) is 0 Å². The number of nitrogens with zero attached hydrogens (tertiary/aromatic N) is 4. The van der Waals surface area contributed by atoms with E-state index < -0.39 is 0 Å². The van der Waals surface area contributed by atoms with Crippen LogP contribution >= 0.6 is 0 Å². The van der Waals surface area contributed by atoms with Crippen molar-refractivity contribution in [3.05, 3.63) is 219 Å². The van der Waals surface area contributed by atoms with Gasteiger partial charge in [0, 0.05) is 18.0 Å². The van der Waals surface area contributed by atoms with E-state index in [1.54, 1.807) is 4.80 Å². The van der Waals surface area contributed by atoms with Crippen LogP contribution in [0.5, 0.6) is 0 Å². The fourth-order valence-corrected chi connectivity index (χ4v) is 7.54. The monoisotopic (exact) mass is 728 g/mol. The van der Waals surface area contributed by atoms with E-state index in [1.807, 2.05) is 48.8 Å². The largest absolute Gasteiger partial charge is 0.265 e. The van der Waals surface area contributed by atoms with Crippen LogP contribution in [0.25, 0.3) is 94.6 Å². The topological polar surface area (TPSA) is 43.6 Å². The van der Waals surface area contributed by atoms with E-state index in [1.165, 1.54) is 38.9 Å². The standard InChI is InChI=1S/C53H36N4/c1-3-8-37(9-4-1)39-14-18-41(19-15-39)43-22-24-45(25-23-43)49-35-51(47-28-26-44(27-29-47)42-20-16-40(17-21-42)38-10-5-2-6-11-38)53-52(36-49)55-57(56-53)50-13-7-12-48(34-50)46-30-32-54-33-31-46/h1-36H. The number of benzene rings is 8. The minimum Gasteiger partial charge on any atom is -0.265 e. The first kappa shape index (κ1) is 33.8. The predicted octanol–water partition coefficient (Wildman–Crippen LogP) is 13.5. The number of fused-ring (bicyclic) bond motifs is 1. The molecule has 0 atom stereocenters. The van der Waals surface area contributed by atoms with Gasteiger partial charge >= 0.3 is 0 Å². The molecular formula is C53H36N4. The maximum atomic E-state index is 5.12. The molecule has 0 aliphatic heterocycles. The zero-order chi connectivity index (χ0) is 38.0. The normalized spacial score (nSPS) is 11.2. The second-order valence-corrected chi connectivity index (χ2v) is 14.2. The molecule has 2 heterocycles. The van der Waals surface area contributed by atoms with Crippen LogP contribution in [-0.4, -0.2) is 20.0 Å². The predicted molar refractivity (Wildman–Crippen MR) is 235 cm³/mol. The first-order chi connectivity index (χ1) is 28.2. The van der Waals surface area contributed by atoms with Gasteiger partial charge in [-0.15, -0.1) is 10.2 Å². The zero-order valence-electron chi connectivity index (χ0n) is 31.1. The van der Waals surface area contributed by atoms with Crippen LogP contribution in [-0.2, 0) is 0 Å². The molecule has 0 bridgehead atoms. The van der Waals surface area contributed by atoms with Crippen molar-refractivity contribution < 1.29 is 0 Å². The number of rotatable bonds is 8. The zero-order valence-corrected chi connectivity index (χ0v) is 31.1. The summed E-state index contributed by atoms with van der Waals surface area (Å²) in [6, 6.07) is 72.9. The van der Waals surface area contributed by atoms with Gasteiger partial charge in [-0.25, -0.2) is 0 Å². The molecule has 0 aliphatic carbocycles. The molecule has 268 valence electrons. The molecule has 0 saturated heterocycles. The van der Waals surface area contributed by atoms with E-state index in [0.717, 1.165) is 55.7 Å². The average molecular weight is 729 g/mol. The van der Waals surface area contributed by atoms with Crippen LogP contribution in [0.3, 0.4) is 0 Å². The summed E-state index contributed by atoms with van der Waals surface area (Å²) in [6.07, 6.45) is 3.63. The molecule has 4 heteroatoms. The van der Waals surface area contributed by atoms with Crippen LogP contribution in [0.1, 0.15) is 0 Å². The van der Waals surface area contributed by atoms with Crippen molar-refractivity contribution in [2.45, 2.75) is 0 Å². The van der Waals surface area contributed by atoms with Crippen molar-refractivity contribution in [3.8, 4) is 83.6 Å². The van der Waals surface area contributed by atoms with Gasteiger partial charge in [0.25, 0.3) is 0 Å². The Morgan fingerprint density at radius 2 is 0.684 bits per heavy atom. The molecule has 0 N–H and O–H groups in total. The van der Waals surface area contributed by atoms with Gasteiger partial charge in [-0.2, -0.15) is 4.80 Å². The molecular weight excluding hydrogens is 693 g/mol. The molecule has 0 amide bonds. The summed E-state index contributed by atoms with van der Waals surface area (Å²) < 4.78 is 0. The highest BCUT2D eigenvalue weighted by Gasteiger charge is 2.15. The number of pyridine rings is 1. The molecule has 4 nitrogen and oxygen atoms in total. The first-order valence-corrected chi connectivity index (χ1v) is 19.2. The third kappa shape index (κ3) is 6.93. The molecule has 0 aliphatic rings. The lowest BCUT2D eigenvalue weighted by Gasteiger charge is -2.10. The summed E-state index contributed by atoms with van der Waals surface area (Å²) >= 11 is 0. The summed E-state index contributed by atoms with van der Waals surface area (Å²) in [5.74, 6) is 0. The minimum atomic E-state index is 0.831. The highest BCUT2D eigenvalue weighted by atomic mass is 15.5. The Kier molecular flexibility index (Phi) is 8.82. The van der Waals surface area contributed by atoms with Crippen molar-refractivity contribution in [3.63, 3.8) is 0 Å². The summed E-state index contributed by atoms with van der Waals surface area (Å²) in [6.45, 7) is 0. The Morgan fingerprint density at radius 3 is 1.18 bits per heavy atom. The molecule has 8 aromatic carbocycles. The molecule has 10 aromatic rings. The fourth-order valence-electron chi connectivity index (χ4n) is 7.54. The Hall–Kier alpha value is -7.69. The Bertz CT molecular complexity index is 2940. The maximum absolute atomic E-state index is 5.12. The van der Waals surface area contributed by atoms with Crippen molar-refractivity contribution in [1.29, 1.82) is 0 Å². The van der Waals surface area contributed by atoms with Crippen LogP contribution in [0.2, 0.25) is 0 Å². The van der Waals surface area contributed by atoms with Gasteiger partial charge in [0.1, 0.15) is 11.0 Å². The Balaban J connectivity index is 1.01. The van der Waals surface area contributed by atoms with Crippen LogP contribution in [0.4, 0.5) is 0 Å². The smallest absolute Gasteiger partial charge is 0.121 e. The second kappa shape index (κ2) is 14.9. The number of hydrogen-bond donors (Lipinski definition) is 0. The van der Waals surface area contributed by atoms with Gasteiger partial charge in [0.05, 0.1) is 5.69 Å². The highest BCUT2D eigenvalue weighted by Crippen LogP contribution is 2.36. The Labute approximate surface area is 332 Å². The third-order valence-electron chi connectivity index (χ3n) is 10.6. The van der Waals surface area contributed by atoms with Gasteiger partial charge < -0.3 is 0 Å². The molecule has 0 saturated carbocycles. The van der Waals surface area contributed by atoms with E-state index in [4.69, 9.17) is 10.2 Å². The minimum absolute atomic E-state index is 0.831. The molecule has 10 rings (SSSR count). The van der Waals surface area contributed by atoms with Gasteiger partial charge in [-0.3, -0.25) is 4.98 Å². The van der Waals surface area contributed by atoms with E-state index in [2.05, 4.69) is 175 Å². The molecule has 0 spiro atoms. The van der Waals surface area contributed by atoms with Gasteiger partial charge in [0.2, 0.25) is 0 Å². The lowest BCUT2D eigenvalue weighted by molar-refractivity contribution is 0.766. The van der Waals surface area contributed by atoms with Crippen molar-refractivity contribution in [1.82, 2.24) is 20.0 Å². The molecule has 0 unspecified atom stereocenters. The van der Waals surface area contributed by atoms with Crippen LogP contribution < -0.4 is 0 Å². The molecule has 0 radical (unpaired) electrons. The van der Waals surface area contributed by atoms with E-state index in [0.29, 0.717) is 0 Å².